The van der Waals surface area contributed by atoms with Crippen molar-refractivity contribution in [2.24, 2.45) is 5.41 Å². The molecule has 28 heavy (non-hydrogen) atoms. The average molecular weight is 370 g/mol. The smallest absolute Gasteiger partial charge is 0.178 e. The van der Waals surface area contributed by atoms with Crippen molar-refractivity contribution in [1.82, 2.24) is 14.8 Å². The van der Waals surface area contributed by atoms with Gasteiger partial charge in [0.1, 0.15) is 11.8 Å². The summed E-state index contributed by atoms with van der Waals surface area (Å²) in [6, 6.07) is 15.8. The Morgan fingerprint density at radius 2 is 1.93 bits per heavy atom. The van der Waals surface area contributed by atoms with Gasteiger partial charge in [-0.3, -0.25) is 14.5 Å². The van der Waals surface area contributed by atoms with Crippen molar-refractivity contribution in [3.63, 3.8) is 0 Å². The number of carbonyl (C=O) groups is 1. The van der Waals surface area contributed by atoms with Crippen LogP contribution in [0.5, 0.6) is 0 Å². The fraction of sp³-hybridized carbons (Fsp3) is 0.217. The maximum atomic E-state index is 12.6. The predicted molar refractivity (Wildman–Crippen MR) is 109 cm³/mol. The highest BCUT2D eigenvalue weighted by atomic mass is 16.1. The van der Waals surface area contributed by atoms with Gasteiger partial charge in [-0.15, -0.1) is 0 Å². The molecule has 0 aliphatic rings. The summed E-state index contributed by atoms with van der Waals surface area (Å²) in [6.45, 7) is 6.02. The van der Waals surface area contributed by atoms with Gasteiger partial charge >= 0.3 is 0 Å². The van der Waals surface area contributed by atoms with Crippen molar-refractivity contribution in [3.05, 3.63) is 77.8 Å². The van der Waals surface area contributed by atoms with Gasteiger partial charge < -0.3 is 0 Å². The van der Waals surface area contributed by atoms with E-state index in [4.69, 9.17) is 5.10 Å². The van der Waals surface area contributed by atoms with Crippen molar-refractivity contribution in [1.29, 1.82) is 5.26 Å². The molecule has 0 aliphatic carbocycles. The molecule has 1 aromatic carbocycles. The van der Waals surface area contributed by atoms with E-state index in [9.17, 15) is 10.1 Å². The van der Waals surface area contributed by atoms with E-state index in [2.05, 4.69) is 11.1 Å². The molecule has 2 aromatic heterocycles. The van der Waals surface area contributed by atoms with Crippen molar-refractivity contribution < 1.29 is 4.79 Å². The van der Waals surface area contributed by atoms with Gasteiger partial charge in [-0.2, -0.15) is 10.4 Å². The molecular weight excluding hydrogens is 348 g/mol. The monoisotopic (exact) mass is 370 g/mol. The fourth-order valence-corrected chi connectivity index (χ4v) is 2.83. The second-order valence-electron chi connectivity index (χ2n) is 7.61. The lowest BCUT2D eigenvalue weighted by Crippen LogP contribution is -2.21. The Labute approximate surface area is 165 Å². The molecule has 0 aliphatic heterocycles. The van der Waals surface area contributed by atoms with Crippen molar-refractivity contribution >= 4 is 11.9 Å². The summed E-state index contributed by atoms with van der Waals surface area (Å²) in [4.78, 5) is 16.8. The van der Waals surface area contributed by atoms with E-state index in [0.29, 0.717) is 12.2 Å². The predicted octanol–water partition coefficient (Wildman–Crippen LogP) is 4.52. The van der Waals surface area contributed by atoms with E-state index in [1.54, 1.807) is 39.2 Å². The number of rotatable bonds is 5. The van der Waals surface area contributed by atoms with Gasteiger partial charge in [0.05, 0.1) is 12.1 Å². The highest BCUT2D eigenvalue weighted by Gasteiger charge is 2.25. The fourth-order valence-electron chi connectivity index (χ4n) is 2.83. The molecule has 0 fully saturated rings. The molecule has 3 rings (SSSR count). The van der Waals surface area contributed by atoms with Crippen molar-refractivity contribution in [2.75, 3.05) is 0 Å². The highest BCUT2D eigenvalue weighted by Crippen LogP contribution is 2.26. The molecule has 140 valence electrons. The molecule has 5 heteroatoms. The van der Waals surface area contributed by atoms with E-state index >= 15 is 0 Å². The number of benzene rings is 1. The zero-order valence-electron chi connectivity index (χ0n) is 16.3. The number of nitrogens with zero attached hydrogens (tertiary/aromatic N) is 4. The largest absolute Gasteiger partial charge is 0.293 e. The zero-order valence-corrected chi connectivity index (χ0v) is 16.3. The molecule has 5 nitrogen and oxygen atoms in total. The summed E-state index contributed by atoms with van der Waals surface area (Å²) in [5, 5.41) is 14.2. The van der Waals surface area contributed by atoms with E-state index in [0.717, 1.165) is 16.7 Å². The molecule has 0 saturated heterocycles. The molecule has 0 radical (unpaired) electrons. The van der Waals surface area contributed by atoms with Crippen molar-refractivity contribution in [2.45, 2.75) is 27.3 Å². The minimum Gasteiger partial charge on any atom is -0.293 e. The van der Waals surface area contributed by atoms with Crippen LogP contribution in [0.4, 0.5) is 0 Å². The number of carbonyl (C=O) groups excluding carboxylic acids is 1. The third-order valence-corrected chi connectivity index (χ3v) is 4.26. The number of hydrogen-bond donors (Lipinski definition) is 0. The first-order valence-electron chi connectivity index (χ1n) is 9.07. The summed E-state index contributed by atoms with van der Waals surface area (Å²) < 4.78 is 1.82. The van der Waals surface area contributed by atoms with E-state index in [-0.39, 0.29) is 11.4 Å². The third-order valence-electron chi connectivity index (χ3n) is 4.26. The number of Topliss-reactive ketones (excluding diaryl/α,β-unsaturated/α-hetero) is 1. The second kappa shape index (κ2) is 8.01. The second-order valence-corrected chi connectivity index (χ2v) is 7.61. The lowest BCUT2D eigenvalue weighted by atomic mass is 9.86. The Bertz CT molecular complexity index is 1040. The van der Waals surface area contributed by atoms with Crippen LogP contribution in [0.15, 0.2) is 66.6 Å². The standard InChI is InChI=1S/C23H22N4O/c1-23(2,3)22(28)19(13-24)12-20-16-27(15-17-8-5-4-6-9-17)26-21(20)18-10-7-11-25-14-18/h4-12,14,16H,15H2,1-3H3/b19-12-. The Morgan fingerprint density at radius 1 is 1.18 bits per heavy atom. The molecule has 3 aromatic rings. The summed E-state index contributed by atoms with van der Waals surface area (Å²) in [5.74, 6) is -0.192. The molecule has 0 amide bonds. The van der Waals surface area contributed by atoms with Crippen LogP contribution in [0.2, 0.25) is 0 Å². The molecule has 0 atom stereocenters. The minimum absolute atomic E-state index is 0.122. The maximum absolute atomic E-state index is 12.6. The molecule has 0 saturated carbocycles. The van der Waals surface area contributed by atoms with E-state index < -0.39 is 5.41 Å². The first-order valence-corrected chi connectivity index (χ1v) is 9.07. The molecular formula is C23H22N4O. The van der Waals surface area contributed by atoms with Crippen LogP contribution >= 0.6 is 0 Å². The first-order chi connectivity index (χ1) is 13.4. The van der Waals surface area contributed by atoms with Gasteiger partial charge in [0.2, 0.25) is 0 Å². The first kappa shape index (κ1) is 19.2. The SMILES string of the molecule is CC(C)(C)C(=O)/C(C#N)=C\c1cn(Cc2ccccc2)nc1-c1cccnc1. The van der Waals surface area contributed by atoms with Gasteiger partial charge in [-0.05, 0) is 23.8 Å². The topological polar surface area (TPSA) is 71.6 Å². The number of pyridine rings is 1. The summed E-state index contributed by atoms with van der Waals surface area (Å²) >= 11 is 0. The van der Waals surface area contributed by atoms with Gasteiger partial charge in [0.15, 0.2) is 5.78 Å². The zero-order chi connectivity index (χ0) is 20.1. The van der Waals surface area contributed by atoms with Gasteiger partial charge in [0.25, 0.3) is 0 Å². The highest BCUT2D eigenvalue weighted by molar-refractivity contribution is 6.06. The quantitative estimate of drug-likeness (QED) is 0.489. The van der Waals surface area contributed by atoms with Crippen LogP contribution in [-0.4, -0.2) is 20.5 Å². The summed E-state index contributed by atoms with van der Waals surface area (Å²) in [6.07, 6.45) is 6.92. The lowest BCUT2D eigenvalue weighted by molar-refractivity contribution is -0.121. The maximum Gasteiger partial charge on any atom is 0.178 e. The van der Waals surface area contributed by atoms with Crippen LogP contribution in [0, 0.1) is 16.7 Å². The number of allylic oxidation sites excluding steroid dienone is 1. The molecule has 0 bridgehead atoms. The summed E-state index contributed by atoms with van der Waals surface area (Å²) in [7, 11) is 0. The molecule has 0 spiro atoms. The number of ketones is 1. The van der Waals surface area contributed by atoms with Gasteiger partial charge in [-0.1, -0.05) is 51.1 Å². The Balaban J connectivity index is 2.07. The van der Waals surface area contributed by atoms with Crippen LogP contribution < -0.4 is 0 Å². The van der Waals surface area contributed by atoms with Crippen LogP contribution in [0.1, 0.15) is 31.9 Å². The minimum atomic E-state index is -0.629. The Hall–Kier alpha value is -3.52. The summed E-state index contributed by atoms with van der Waals surface area (Å²) in [5.41, 5.74) is 2.86. The van der Waals surface area contributed by atoms with Crippen LogP contribution in [0.25, 0.3) is 17.3 Å². The van der Waals surface area contributed by atoms with Crippen molar-refractivity contribution in [3.8, 4) is 17.3 Å². The van der Waals surface area contributed by atoms with Gasteiger partial charge in [-0.25, -0.2) is 0 Å². The van der Waals surface area contributed by atoms with Crippen LogP contribution in [0.3, 0.4) is 0 Å². The number of hydrogen-bond acceptors (Lipinski definition) is 4. The van der Waals surface area contributed by atoms with Crippen LogP contribution in [-0.2, 0) is 11.3 Å². The van der Waals surface area contributed by atoms with E-state index in [1.165, 1.54) is 0 Å². The number of aromatic nitrogens is 3. The average Bonchev–Trinajstić information content (AvgIpc) is 3.08. The Morgan fingerprint density at radius 3 is 2.54 bits per heavy atom. The Kier molecular flexibility index (Phi) is 5.51. The lowest BCUT2D eigenvalue weighted by Gasteiger charge is -2.15. The third kappa shape index (κ3) is 4.41. The van der Waals surface area contributed by atoms with E-state index in [1.807, 2.05) is 53.3 Å². The normalized spacial score (nSPS) is 11.9. The molecule has 0 unspecified atom stereocenters. The molecule has 0 N–H and O–H groups in total. The van der Waals surface area contributed by atoms with Gasteiger partial charge in [0, 0.05) is 35.1 Å². The molecule has 2 heterocycles. The number of nitriles is 1.